The average Bonchev–Trinajstić information content (AvgIpc) is 3.25. The number of amides is 2. The molecular formula is C26H30F2N6O4. The number of alkyl carbamates (subject to hydrolysis) is 1. The Labute approximate surface area is 218 Å². The first kappa shape index (κ1) is 25.8. The van der Waals surface area contributed by atoms with E-state index in [1.165, 1.54) is 11.0 Å². The van der Waals surface area contributed by atoms with Gasteiger partial charge in [-0.2, -0.15) is 10.1 Å². The quantitative estimate of drug-likeness (QED) is 0.394. The fraction of sp³-hybridized carbons (Fsp3) is 0.500. The van der Waals surface area contributed by atoms with Gasteiger partial charge in [-0.3, -0.25) is 9.48 Å². The van der Waals surface area contributed by atoms with E-state index in [9.17, 15) is 18.4 Å². The van der Waals surface area contributed by atoms with Crippen LogP contribution in [-0.2, 0) is 21.5 Å². The van der Waals surface area contributed by atoms with E-state index in [4.69, 9.17) is 9.26 Å². The molecule has 1 aliphatic carbocycles. The van der Waals surface area contributed by atoms with Crippen LogP contribution >= 0.6 is 0 Å². The van der Waals surface area contributed by atoms with E-state index in [0.717, 1.165) is 35.9 Å². The number of ether oxygens (including phenoxy) is 1. The number of nitrogens with one attached hydrogen (secondary N) is 1. The minimum Gasteiger partial charge on any atom is -0.450 e. The SMILES string of the molecule is CCCCOC(=O)N[C@@H]1CCN(C(=O)Cn2nc(-c3nc(C4(c5ccccc5)CC4)no3)cc2C(F)F)C1. The number of benzene rings is 1. The van der Waals surface area contributed by atoms with Gasteiger partial charge in [-0.05, 0) is 37.3 Å². The highest BCUT2D eigenvalue weighted by Crippen LogP contribution is 2.52. The van der Waals surface area contributed by atoms with E-state index in [-0.39, 0.29) is 42.0 Å². The predicted octanol–water partition coefficient (Wildman–Crippen LogP) is 4.08. The zero-order valence-electron chi connectivity index (χ0n) is 21.1. The molecule has 2 aliphatic rings. The van der Waals surface area contributed by atoms with Gasteiger partial charge in [0, 0.05) is 13.1 Å². The molecule has 0 unspecified atom stereocenters. The molecule has 1 saturated carbocycles. The second kappa shape index (κ2) is 10.9. The molecule has 3 aromatic rings. The number of halogens is 2. The molecule has 3 heterocycles. The van der Waals surface area contributed by atoms with Crippen molar-refractivity contribution >= 4 is 12.0 Å². The predicted molar refractivity (Wildman–Crippen MR) is 131 cm³/mol. The summed E-state index contributed by atoms with van der Waals surface area (Å²) in [6.45, 7) is 2.63. The largest absolute Gasteiger partial charge is 0.450 e. The third-order valence-electron chi connectivity index (χ3n) is 7.06. The third kappa shape index (κ3) is 5.39. The number of carbonyl (C=O) groups excluding carboxylic acids is 2. The smallest absolute Gasteiger partial charge is 0.407 e. The maximum absolute atomic E-state index is 13.8. The summed E-state index contributed by atoms with van der Waals surface area (Å²) in [5.41, 5.74) is 0.414. The van der Waals surface area contributed by atoms with E-state index in [0.29, 0.717) is 25.4 Å². The lowest BCUT2D eigenvalue weighted by Gasteiger charge is -2.18. The van der Waals surface area contributed by atoms with Crippen LogP contribution in [0.15, 0.2) is 40.9 Å². The lowest BCUT2D eigenvalue weighted by atomic mass is 9.95. The van der Waals surface area contributed by atoms with Crippen molar-refractivity contribution in [2.24, 2.45) is 0 Å². The van der Waals surface area contributed by atoms with Crippen molar-refractivity contribution in [1.82, 2.24) is 30.1 Å². The van der Waals surface area contributed by atoms with Crippen LogP contribution in [0.4, 0.5) is 13.6 Å². The monoisotopic (exact) mass is 528 g/mol. The first-order valence-electron chi connectivity index (χ1n) is 12.9. The van der Waals surface area contributed by atoms with Crippen molar-refractivity contribution in [3.8, 4) is 11.6 Å². The number of hydrogen-bond donors (Lipinski definition) is 1. The number of likely N-dealkylation sites (tertiary alicyclic amines) is 1. The second-order valence-corrected chi connectivity index (χ2v) is 9.74. The fourth-order valence-electron chi connectivity index (χ4n) is 4.73. The van der Waals surface area contributed by atoms with Crippen molar-refractivity contribution in [3.05, 3.63) is 53.5 Å². The van der Waals surface area contributed by atoms with Gasteiger partial charge < -0.3 is 19.5 Å². The molecule has 10 nitrogen and oxygen atoms in total. The van der Waals surface area contributed by atoms with Gasteiger partial charge in [-0.15, -0.1) is 0 Å². The summed E-state index contributed by atoms with van der Waals surface area (Å²) in [5.74, 6) is 0.145. The van der Waals surface area contributed by atoms with Gasteiger partial charge in [0.15, 0.2) is 11.5 Å². The molecule has 2 amide bonds. The summed E-state index contributed by atoms with van der Waals surface area (Å²) in [7, 11) is 0. The summed E-state index contributed by atoms with van der Waals surface area (Å²) in [5, 5.41) is 11.1. The molecule has 1 N–H and O–H groups in total. The lowest BCUT2D eigenvalue weighted by Crippen LogP contribution is -2.39. The number of unbranched alkanes of at least 4 members (excludes halogenated alkanes) is 1. The van der Waals surface area contributed by atoms with Crippen LogP contribution in [0.3, 0.4) is 0 Å². The highest BCUT2D eigenvalue weighted by Gasteiger charge is 2.50. The Kier molecular flexibility index (Phi) is 7.39. The molecule has 5 rings (SSSR count). The van der Waals surface area contributed by atoms with Crippen LogP contribution in [0.1, 0.15) is 62.5 Å². The van der Waals surface area contributed by atoms with Crippen molar-refractivity contribution in [2.75, 3.05) is 19.7 Å². The molecule has 0 spiro atoms. The average molecular weight is 529 g/mol. The zero-order valence-corrected chi connectivity index (χ0v) is 21.1. The Bertz CT molecular complexity index is 1270. The van der Waals surface area contributed by atoms with Crippen molar-refractivity contribution in [3.63, 3.8) is 0 Å². The topological polar surface area (TPSA) is 115 Å². The molecule has 2 aromatic heterocycles. The molecule has 202 valence electrons. The molecule has 38 heavy (non-hydrogen) atoms. The molecule has 1 atom stereocenters. The van der Waals surface area contributed by atoms with Crippen molar-refractivity contribution in [2.45, 2.75) is 63.5 Å². The van der Waals surface area contributed by atoms with E-state index in [1.807, 2.05) is 37.3 Å². The number of carbonyl (C=O) groups is 2. The van der Waals surface area contributed by atoms with Crippen LogP contribution in [0, 0.1) is 0 Å². The zero-order chi connectivity index (χ0) is 26.7. The standard InChI is InChI=1S/C26H30F2N6O4/c1-2-3-13-37-25(36)29-18-9-12-33(15-18)21(35)16-34-20(22(27)28)14-19(31-34)23-30-24(32-38-23)26(10-11-26)17-7-5-4-6-8-17/h4-8,14,18,22H,2-3,9-13,15-16H2,1H3,(H,29,36)/t18-/m1/s1. The summed E-state index contributed by atoms with van der Waals surface area (Å²) >= 11 is 0. The number of nitrogens with zero attached hydrogens (tertiary/aromatic N) is 5. The number of aromatic nitrogens is 4. The van der Waals surface area contributed by atoms with E-state index in [1.54, 1.807) is 0 Å². The first-order chi connectivity index (χ1) is 18.4. The highest BCUT2D eigenvalue weighted by molar-refractivity contribution is 5.77. The molecule has 12 heteroatoms. The van der Waals surface area contributed by atoms with E-state index < -0.39 is 18.2 Å². The van der Waals surface area contributed by atoms with Crippen LogP contribution in [-0.4, -0.2) is 62.6 Å². The second-order valence-electron chi connectivity index (χ2n) is 9.74. The highest BCUT2D eigenvalue weighted by atomic mass is 19.3. The first-order valence-corrected chi connectivity index (χ1v) is 12.9. The molecule has 0 bridgehead atoms. The normalized spacial score (nSPS) is 18.1. The van der Waals surface area contributed by atoms with Crippen LogP contribution in [0.25, 0.3) is 11.6 Å². The van der Waals surface area contributed by atoms with Gasteiger partial charge in [0.25, 0.3) is 12.3 Å². The summed E-state index contributed by atoms with van der Waals surface area (Å²) < 4.78 is 39.2. The maximum atomic E-state index is 13.8. The Morgan fingerprint density at radius 1 is 1.26 bits per heavy atom. The Hall–Kier alpha value is -3.83. The molecule has 1 saturated heterocycles. The fourth-order valence-corrected chi connectivity index (χ4v) is 4.73. The van der Waals surface area contributed by atoms with Gasteiger partial charge in [-0.1, -0.05) is 48.8 Å². The third-order valence-corrected chi connectivity index (χ3v) is 7.06. The van der Waals surface area contributed by atoms with Crippen LogP contribution < -0.4 is 5.32 Å². The Morgan fingerprint density at radius 2 is 2.05 bits per heavy atom. The van der Waals surface area contributed by atoms with Crippen molar-refractivity contribution in [1.29, 1.82) is 0 Å². The van der Waals surface area contributed by atoms with E-state index >= 15 is 0 Å². The summed E-state index contributed by atoms with van der Waals surface area (Å²) in [6, 6.07) is 10.8. The van der Waals surface area contributed by atoms with Crippen LogP contribution in [0.2, 0.25) is 0 Å². The van der Waals surface area contributed by atoms with Crippen molar-refractivity contribution < 1.29 is 27.6 Å². The Morgan fingerprint density at radius 3 is 2.76 bits per heavy atom. The minimum atomic E-state index is -2.85. The van der Waals surface area contributed by atoms with Gasteiger partial charge >= 0.3 is 6.09 Å². The summed E-state index contributed by atoms with van der Waals surface area (Å²) in [6.07, 6.45) is 0.600. The molecule has 0 radical (unpaired) electrons. The van der Waals surface area contributed by atoms with Gasteiger partial charge in [0.2, 0.25) is 5.91 Å². The van der Waals surface area contributed by atoms with Gasteiger partial charge in [-0.25, -0.2) is 13.6 Å². The number of alkyl halides is 2. The summed E-state index contributed by atoms with van der Waals surface area (Å²) in [4.78, 5) is 30.8. The van der Waals surface area contributed by atoms with Crippen LogP contribution in [0.5, 0.6) is 0 Å². The minimum absolute atomic E-state index is 0.0299. The molecular weight excluding hydrogens is 498 g/mol. The number of rotatable bonds is 10. The van der Waals surface area contributed by atoms with Gasteiger partial charge in [0.1, 0.15) is 12.2 Å². The molecule has 2 fully saturated rings. The molecule has 1 aliphatic heterocycles. The van der Waals surface area contributed by atoms with E-state index in [2.05, 4.69) is 20.6 Å². The number of hydrogen-bond acceptors (Lipinski definition) is 7. The molecule has 1 aromatic carbocycles. The maximum Gasteiger partial charge on any atom is 0.407 e. The van der Waals surface area contributed by atoms with Gasteiger partial charge in [0.05, 0.1) is 18.1 Å². The lowest BCUT2D eigenvalue weighted by molar-refractivity contribution is -0.131. The Balaban J connectivity index is 1.25.